The van der Waals surface area contributed by atoms with Crippen LogP contribution in [0.25, 0.3) is 11.1 Å². The lowest BCUT2D eigenvalue weighted by Gasteiger charge is -2.34. The molecule has 3 aromatic rings. The van der Waals surface area contributed by atoms with Gasteiger partial charge in [-0.05, 0) is 67.8 Å². The van der Waals surface area contributed by atoms with E-state index in [1.165, 1.54) is 46.8 Å². The van der Waals surface area contributed by atoms with Crippen molar-refractivity contribution in [3.05, 3.63) is 69.6 Å². The molecule has 1 saturated heterocycles. The minimum atomic E-state index is -3.12. The molecule has 1 fully saturated rings. The van der Waals surface area contributed by atoms with E-state index >= 15 is 0 Å². The molecular weight excluding hydrogens is 595 g/mol. The fourth-order valence-corrected chi connectivity index (χ4v) is 4.64. The zero-order valence-electron chi connectivity index (χ0n) is 25.6. The van der Waals surface area contributed by atoms with Crippen molar-refractivity contribution in [3.8, 4) is 22.8 Å². The molecule has 11 nitrogen and oxygen atoms in total. The van der Waals surface area contributed by atoms with Crippen molar-refractivity contribution in [2.24, 2.45) is 7.05 Å². The van der Waals surface area contributed by atoms with E-state index in [1.54, 1.807) is 27.2 Å². The molecule has 0 spiro atoms. The number of carbonyl (C=O) groups is 2. The summed E-state index contributed by atoms with van der Waals surface area (Å²) in [6.07, 6.45) is 0.0956. The number of methoxy groups -OCH3 is 1. The number of halogens is 3. The number of anilines is 1. The van der Waals surface area contributed by atoms with Crippen LogP contribution in [-0.4, -0.2) is 78.0 Å². The maximum atomic E-state index is 13.6. The molecule has 1 aliphatic heterocycles. The normalized spacial score (nSPS) is 14.0. The molecule has 2 amide bonds. The van der Waals surface area contributed by atoms with Crippen molar-refractivity contribution < 1.29 is 37.0 Å². The summed E-state index contributed by atoms with van der Waals surface area (Å²) in [5.74, 6) is -1.46. The van der Waals surface area contributed by atoms with Crippen molar-refractivity contribution in [1.82, 2.24) is 19.8 Å². The maximum Gasteiger partial charge on any atom is 0.387 e. The topological polar surface area (TPSA) is 124 Å². The SMILES string of the molecule is CO[C@@H](C)CNCc1cc(C(=O)Nc2cc(-c3ccc(OC(F)F)cc3C(=O)N3CC(F)C3)cc(OC(C)C)n2)c(=O)n(C)c1. The highest BCUT2D eigenvalue weighted by atomic mass is 19.3. The van der Waals surface area contributed by atoms with Crippen LogP contribution in [0.1, 0.15) is 47.1 Å². The number of aryl methyl sites for hydroxylation is 1. The van der Waals surface area contributed by atoms with Gasteiger partial charge >= 0.3 is 6.61 Å². The Morgan fingerprint density at radius 3 is 2.44 bits per heavy atom. The minimum absolute atomic E-state index is 0.00623. The fraction of sp³-hybridized carbons (Fsp3) is 0.419. The van der Waals surface area contributed by atoms with Crippen LogP contribution < -0.4 is 25.7 Å². The number of rotatable bonds is 13. The van der Waals surface area contributed by atoms with Crippen LogP contribution in [0.4, 0.5) is 19.0 Å². The summed E-state index contributed by atoms with van der Waals surface area (Å²) in [7, 11) is 3.14. The highest BCUT2D eigenvalue weighted by molar-refractivity contribution is 6.05. The number of likely N-dealkylation sites (tertiary alicyclic amines) is 1. The van der Waals surface area contributed by atoms with E-state index in [-0.39, 0.29) is 59.4 Å². The van der Waals surface area contributed by atoms with E-state index in [0.29, 0.717) is 24.2 Å². The molecule has 242 valence electrons. The Labute approximate surface area is 258 Å². The number of alkyl halides is 3. The van der Waals surface area contributed by atoms with Gasteiger partial charge in [-0.25, -0.2) is 4.39 Å². The van der Waals surface area contributed by atoms with Crippen LogP contribution in [-0.2, 0) is 18.3 Å². The van der Waals surface area contributed by atoms with Crippen LogP contribution in [0.2, 0.25) is 0 Å². The minimum Gasteiger partial charge on any atom is -0.475 e. The predicted molar refractivity (Wildman–Crippen MR) is 161 cm³/mol. The number of pyridine rings is 2. The van der Waals surface area contributed by atoms with Gasteiger partial charge < -0.3 is 34.3 Å². The molecule has 0 saturated carbocycles. The smallest absolute Gasteiger partial charge is 0.387 e. The fourth-order valence-electron chi connectivity index (χ4n) is 4.64. The van der Waals surface area contributed by atoms with Gasteiger partial charge in [0.25, 0.3) is 17.4 Å². The number of nitrogens with zero attached hydrogens (tertiary/aromatic N) is 3. The molecule has 14 heteroatoms. The van der Waals surface area contributed by atoms with E-state index in [2.05, 4.69) is 20.4 Å². The molecule has 0 unspecified atom stereocenters. The molecule has 0 aliphatic carbocycles. The van der Waals surface area contributed by atoms with Gasteiger partial charge in [-0.3, -0.25) is 14.4 Å². The Morgan fingerprint density at radius 1 is 1.07 bits per heavy atom. The third-order valence-corrected chi connectivity index (χ3v) is 6.93. The lowest BCUT2D eigenvalue weighted by atomic mass is 9.97. The first-order chi connectivity index (χ1) is 21.3. The van der Waals surface area contributed by atoms with Gasteiger partial charge in [0.05, 0.1) is 30.9 Å². The number of amides is 2. The first-order valence-corrected chi connectivity index (χ1v) is 14.3. The number of aromatic nitrogens is 2. The van der Waals surface area contributed by atoms with Crippen molar-refractivity contribution in [2.75, 3.05) is 32.1 Å². The Balaban J connectivity index is 1.70. The molecule has 2 aromatic heterocycles. The van der Waals surface area contributed by atoms with E-state index < -0.39 is 30.2 Å². The molecule has 45 heavy (non-hydrogen) atoms. The molecular formula is C31H36F3N5O6. The summed E-state index contributed by atoms with van der Waals surface area (Å²) in [5, 5.41) is 5.86. The Bertz CT molecular complexity index is 1590. The van der Waals surface area contributed by atoms with Crippen LogP contribution in [0.5, 0.6) is 11.6 Å². The Morgan fingerprint density at radius 2 is 1.80 bits per heavy atom. The van der Waals surface area contributed by atoms with Crippen molar-refractivity contribution in [3.63, 3.8) is 0 Å². The molecule has 1 aromatic carbocycles. The summed E-state index contributed by atoms with van der Waals surface area (Å²) in [5.41, 5.74) is 0.642. The number of hydrogen-bond donors (Lipinski definition) is 2. The van der Waals surface area contributed by atoms with Crippen LogP contribution in [0.15, 0.2) is 47.4 Å². The lowest BCUT2D eigenvalue weighted by molar-refractivity contribution is -0.0499. The summed E-state index contributed by atoms with van der Waals surface area (Å²) >= 11 is 0. The van der Waals surface area contributed by atoms with Crippen molar-refractivity contribution in [2.45, 2.75) is 52.3 Å². The molecule has 0 radical (unpaired) electrons. The maximum absolute atomic E-state index is 13.6. The number of nitrogens with one attached hydrogen (secondary N) is 2. The summed E-state index contributed by atoms with van der Waals surface area (Å²) < 4.78 is 56.4. The highest BCUT2D eigenvalue weighted by Crippen LogP contribution is 2.33. The van der Waals surface area contributed by atoms with Gasteiger partial charge in [-0.2, -0.15) is 13.8 Å². The van der Waals surface area contributed by atoms with Gasteiger partial charge in [0.2, 0.25) is 5.88 Å². The predicted octanol–water partition coefficient (Wildman–Crippen LogP) is 4.01. The van der Waals surface area contributed by atoms with Gasteiger partial charge in [0, 0.05) is 39.5 Å². The highest BCUT2D eigenvalue weighted by Gasteiger charge is 2.32. The van der Waals surface area contributed by atoms with E-state index in [4.69, 9.17) is 9.47 Å². The lowest BCUT2D eigenvalue weighted by Crippen LogP contribution is -2.51. The number of carbonyl (C=O) groups excluding carboxylic acids is 2. The monoisotopic (exact) mass is 631 g/mol. The van der Waals surface area contributed by atoms with Crippen molar-refractivity contribution in [1.29, 1.82) is 0 Å². The number of ether oxygens (including phenoxy) is 3. The zero-order valence-corrected chi connectivity index (χ0v) is 25.6. The third kappa shape index (κ3) is 8.60. The van der Waals surface area contributed by atoms with Gasteiger partial charge in [0.15, 0.2) is 0 Å². The van der Waals surface area contributed by atoms with Gasteiger partial charge in [-0.1, -0.05) is 0 Å². The molecule has 3 heterocycles. The summed E-state index contributed by atoms with van der Waals surface area (Å²) in [6.45, 7) is 2.99. The molecule has 4 rings (SSSR count). The standard InChI is InChI=1S/C31H36F3N5O6/c1-17(2)44-27-10-20(23-7-6-22(45-31(33)34)11-24(23)30(42)39-15-21(32)16-39)9-26(36-27)37-28(40)25-8-19(14-38(4)29(25)41)13-35-12-18(3)43-5/h6-11,14,17-18,21,31,35H,12-13,15-16H2,1-5H3,(H,36,37,40)/t18-/m0/s1. The van der Waals surface area contributed by atoms with E-state index in [0.717, 1.165) is 6.07 Å². The first kappa shape index (κ1) is 33.5. The second-order valence-corrected chi connectivity index (χ2v) is 10.9. The average molecular weight is 632 g/mol. The van der Waals surface area contributed by atoms with Gasteiger partial charge in [-0.15, -0.1) is 0 Å². The number of hydrogen-bond acceptors (Lipinski definition) is 8. The summed E-state index contributed by atoms with van der Waals surface area (Å²) in [4.78, 5) is 45.2. The second kappa shape index (κ2) is 14.6. The second-order valence-electron chi connectivity index (χ2n) is 10.9. The average Bonchev–Trinajstić information content (AvgIpc) is 2.95. The molecule has 2 N–H and O–H groups in total. The molecule has 1 atom stereocenters. The largest absolute Gasteiger partial charge is 0.475 e. The molecule has 1 aliphatic rings. The Hall–Kier alpha value is -4.43. The molecule has 0 bridgehead atoms. The van der Waals surface area contributed by atoms with E-state index in [9.17, 15) is 27.6 Å². The Kier molecular flexibility index (Phi) is 10.8. The van der Waals surface area contributed by atoms with Gasteiger partial charge in [0.1, 0.15) is 23.3 Å². The quantitative estimate of drug-likeness (QED) is 0.290. The van der Waals surface area contributed by atoms with E-state index in [1.807, 2.05) is 6.92 Å². The zero-order chi connectivity index (χ0) is 32.8. The van der Waals surface area contributed by atoms with Crippen LogP contribution >= 0.6 is 0 Å². The van der Waals surface area contributed by atoms with Crippen LogP contribution in [0, 0.1) is 0 Å². The van der Waals surface area contributed by atoms with Crippen molar-refractivity contribution >= 4 is 17.6 Å². The number of benzene rings is 1. The first-order valence-electron chi connectivity index (χ1n) is 14.3. The third-order valence-electron chi connectivity index (χ3n) is 6.93. The summed E-state index contributed by atoms with van der Waals surface area (Å²) in [6, 6.07) is 8.31. The van der Waals surface area contributed by atoms with Crippen LogP contribution in [0.3, 0.4) is 0 Å².